The number of nitrogens with one attached hydrogen (secondary N) is 1. The molecule has 0 aliphatic rings. The molecule has 0 spiro atoms. The van der Waals surface area contributed by atoms with E-state index in [9.17, 15) is 0 Å². The molecule has 0 saturated carbocycles. The smallest absolute Gasteiger partial charge is 0.175 e. The highest BCUT2D eigenvalue weighted by atomic mass is 15.3. The number of aromatic nitrogens is 7. The third kappa shape index (κ3) is 3.37. The normalized spacial score (nSPS) is 10.8. The van der Waals surface area contributed by atoms with E-state index in [0.717, 1.165) is 17.1 Å². The van der Waals surface area contributed by atoms with Gasteiger partial charge in [0.2, 0.25) is 0 Å². The zero-order chi connectivity index (χ0) is 17.1. The molecule has 4 heterocycles. The average molecular weight is 332 g/mol. The van der Waals surface area contributed by atoms with Crippen molar-refractivity contribution in [1.82, 2.24) is 34.7 Å². The van der Waals surface area contributed by atoms with E-state index < -0.39 is 0 Å². The predicted octanol–water partition coefficient (Wildman–Crippen LogP) is 2.16. The molecule has 0 unspecified atom stereocenters. The van der Waals surface area contributed by atoms with Gasteiger partial charge in [0.1, 0.15) is 5.82 Å². The molecule has 0 aliphatic carbocycles. The van der Waals surface area contributed by atoms with Gasteiger partial charge in [-0.2, -0.15) is 10.2 Å². The van der Waals surface area contributed by atoms with E-state index in [1.54, 1.807) is 21.8 Å². The minimum absolute atomic E-state index is 0.617. The summed E-state index contributed by atoms with van der Waals surface area (Å²) in [6.45, 7) is 2.55. The summed E-state index contributed by atoms with van der Waals surface area (Å²) in [4.78, 5) is 4.32. The van der Waals surface area contributed by atoms with Gasteiger partial charge >= 0.3 is 0 Å². The van der Waals surface area contributed by atoms with E-state index in [4.69, 9.17) is 0 Å². The molecule has 1 N–H and O–H groups in total. The van der Waals surface area contributed by atoms with Gasteiger partial charge in [0.05, 0.1) is 5.69 Å². The fourth-order valence-electron chi connectivity index (χ4n) is 2.38. The Morgan fingerprint density at radius 2 is 1.92 bits per heavy atom. The van der Waals surface area contributed by atoms with Crippen molar-refractivity contribution in [2.75, 3.05) is 5.32 Å². The number of hydrogen-bond donors (Lipinski definition) is 1. The number of aryl methyl sites for hydroxylation is 1. The minimum atomic E-state index is 0.617. The van der Waals surface area contributed by atoms with Crippen LogP contribution in [0.3, 0.4) is 0 Å². The first kappa shape index (κ1) is 15.0. The SMILES string of the molecule is Cc1ccn(-c2ccc(NCc3ccnc(-n4cccn4)c3)nn2)n1. The molecule has 8 nitrogen and oxygen atoms in total. The van der Waals surface area contributed by atoms with Crippen molar-refractivity contribution < 1.29 is 0 Å². The van der Waals surface area contributed by atoms with Crippen LogP contribution in [-0.2, 0) is 6.54 Å². The van der Waals surface area contributed by atoms with Gasteiger partial charge < -0.3 is 5.32 Å². The quantitative estimate of drug-likeness (QED) is 0.603. The molecular formula is C17H16N8. The molecule has 0 aromatic carbocycles. The van der Waals surface area contributed by atoms with E-state index in [2.05, 4.69) is 30.7 Å². The topological polar surface area (TPSA) is 86.3 Å². The Morgan fingerprint density at radius 3 is 2.64 bits per heavy atom. The lowest BCUT2D eigenvalue weighted by molar-refractivity contribution is 0.803. The van der Waals surface area contributed by atoms with E-state index >= 15 is 0 Å². The number of rotatable bonds is 5. The van der Waals surface area contributed by atoms with E-state index in [0.29, 0.717) is 18.2 Å². The number of anilines is 1. The summed E-state index contributed by atoms with van der Waals surface area (Å²) in [6.07, 6.45) is 7.22. The van der Waals surface area contributed by atoms with E-state index in [1.807, 2.05) is 55.7 Å². The maximum absolute atomic E-state index is 4.32. The first-order valence-electron chi connectivity index (χ1n) is 7.83. The van der Waals surface area contributed by atoms with Crippen molar-refractivity contribution in [3.05, 3.63) is 72.4 Å². The minimum Gasteiger partial charge on any atom is -0.365 e. The second-order valence-corrected chi connectivity index (χ2v) is 5.50. The molecule has 0 fully saturated rings. The van der Waals surface area contributed by atoms with Crippen LogP contribution in [0.25, 0.3) is 11.6 Å². The molecule has 4 aromatic rings. The molecule has 0 saturated heterocycles. The van der Waals surface area contributed by atoms with Crippen LogP contribution in [0.15, 0.2) is 61.2 Å². The van der Waals surface area contributed by atoms with Crippen LogP contribution >= 0.6 is 0 Å². The summed E-state index contributed by atoms with van der Waals surface area (Å²) in [6, 6.07) is 11.5. The number of hydrogen-bond acceptors (Lipinski definition) is 6. The molecule has 124 valence electrons. The standard InChI is InChI=1S/C17H16N8/c1-13-6-10-25(23-13)16-4-3-15(21-22-16)19-12-14-5-8-18-17(11-14)24-9-2-7-20-24/h2-11H,12H2,1H3,(H,19,21). The average Bonchev–Trinajstić information content (AvgIpc) is 3.33. The molecule has 0 aliphatic heterocycles. The molecule has 4 rings (SSSR count). The molecule has 0 radical (unpaired) electrons. The Kier molecular flexibility index (Phi) is 3.91. The maximum Gasteiger partial charge on any atom is 0.175 e. The maximum atomic E-state index is 4.32. The van der Waals surface area contributed by atoms with Gasteiger partial charge in [0.15, 0.2) is 11.6 Å². The fraction of sp³-hybridized carbons (Fsp3) is 0.118. The molecule has 0 atom stereocenters. The summed E-state index contributed by atoms with van der Waals surface area (Å²) in [7, 11) is 0. The lowest BCUT2D eigenvalue weighted by atomic mass is 10.2. The highest BCUT2D eigenvalue weighted by molar-refractivity contribution is 5.38. The summed E-state index contributed by atoms with van der Waals surface area (Å²) in [5.74, 6) is 2.16. The van der Waals surface area contributed by atoms with Crippen molar-refractivity contribution in [2.45, 2.75) is 13.5 Å². The Labute approximate surface area is 144 Å². The zero-order valence-corrected chi connectivity index (χ0v) is 13.6. The van der Waals surface area contributed by atoms with Gasteiger partial charge in [0, 0.05) is 31.3 Å². The van der Waals surface area contributed by atoms with Gasteiger partial charge in [0.25, 0.3) is 0 Å². The van der Waals surface area contributed by atoms with Crippen molar-refractivity contribution >= 4 is 5.82 Å². The predicted molar refractivity (Wildman–Crippen MR) is 92.6 cm³/mol. The van der Waals surface area contributed by atoms with Crippen LogP contribution in [0.5, 0.6) is 0 Å². The van der Waals surface area contributed by atoms with Crippen LogP contribution in [-0.4, -0.2) is 34.7 Å². The van der Waals surface area contributed by atoms with Crippen LogP contribution in [0.1, 0.15) is 11.3 Å². The zero-order valence-electron chi connectivity index (χ0n) is 13.6. The van der Waals surface area contributed by atoms with Gasteiger partial charge in [-0.25, -0.2) is 14.3 Å². The van der Waals surface area contributed by atoms with E-state index in [-0.39, 0.29) is 0 Å². The van der Waals surface area contributed by atoms with E-state index in [1.165, 1.54) is 0 Å². The first-order chi connectivity index (χ1) is 12.3. The fourth-order valence-corrected chi connectivity index (χ4v) is 2.38. The lowest BCUT2D eigenvalue weighted by Gasteiger charge is -2.07. The van der Waals surface area contributed by atoms with Gasteiger partial charge in [-0.1, -0.05) is 0 Å². The lowest BCUT2D eigenvalue weighted by Crippen LogP contribution is -2.06. The van der Waals surface area contributed by atoms with Gasteiger partial charge in [-0.3, -0.25) is 0 Å². The largest absolute Gasteiger partial charge is 0.365 e. The molecular weight excluding hydrogens is 316 g/mol. The molecule has 25 heavy (non-hydrogen) atoms. The Bertz CT molecular complexity index is 957. The molecule has 4 aromatic heterocycles. The highest BCUT2D eigenvalue weighted by Gasteiger charge is 2.03. The monoisotopic (exact) mass is 332 g/mol. The van der Waals surface area contributed by atoms with Crippen LogP contribution < -0.4 is 5.32 Å². The van der Waals surface area contributed by atoms with Crippen molar-refractivity contribution in [3.8, 4) is 11.6 Å². The van der Waals surface area contributed by atoms with Crippen molar-refractivity contribution in [1.29, 1.82) is 0 Å². The van der Waals surface area contributed by atoms with Gasteiger partial charge in [-0.05, 0) is 48.9 Å². The molecule has 0 bridgehead atoms. The Balaban J connectivity index is 1.44. The number of pyridine rings is 1. The Morgan fingerprint density at radius 1 is 0.960 bits per heavy atom. The molecule has 8 heteroatoms. The van der Waals surface area contributed by atoms with Crippen LogP contribution in [0.4, 0.5) is 5.82 Å². The highest BCUT2D eigenvalue weighted by Crippen LogP contribution is 2.10. The molecule has 0 amide bonds. The number of nitrogens with zero attached hydrogens (tertiary/aromatic N) is 7. The van der Waals surface area contributed by atoms with Gasteiger partial charge in [-0.15, -0.1) is 10.2 Å². The summed E-state index contributed by atoms with van der Waals surface area (Å²) in [5, 5.41) is 20.2. The van der Waals surface area contributed by atoms with Crippen molar-refractivity contribution in [2.24, 2.45) is 0 Å². The summed E-state index contributed by atoms with van der Waals surface area (Å²) >= 11 is 0. The Hall–Kier alpha value is -3.55. The van der Waals surface area contributed by atoms with Crippen molar-refractivity contribution in [3.63, 3.8) is 0 Å². The van der Waals surface area contributed by atoms with Crippen LogP contribution in [0.2, 0.25) is 0 Å². The van der Waals surface area contributed by atoms with Crippen LogP contribution in [0, 0.1) is 6.92 Å². The second-order valence-electron chi connectivity index (χ2n) is 5.50. The third-order valence-corrected chi connectivity index (χ3v) is 3.63. The first-order valence-corrected chi connectivity index (χ1v) is 7.83. The second kappa shape index (κ2) is 6.52. The summed E-state index contributed by atoms with van der Waals surface area (Å²) in [5.41, 5.74) is 2.02. The summed E-state index contributed by atoms with van der Waals surface area (Å²) < 4.78 is 3.43. The third-order valence-electron chi connectivity index (χ3n) is 3.63.